The van der Waals surface area contributed by atoms with E-state index in [2.05, 4.69) is 10.3 Å². The van der Waals surface area contributed by atoms with Crippen molar-refractivity contribution >= 4 is 40.5 Å². The monoisotopic (exact) mass is 475 g/mol. The molecule has 0 unspecified atom stereocenters. The second-order valence-corrected chi connectivity index (χ2v) is 8.77. The van der Waals surface area contributed by atoms with Crippen LogP contribution in [0.4, 0.5) is 5.69 Å². The normalized spacial score (nSPS) is 14.4. The van der Waals surface area contributed by atoms with Gasteiger partial charge in [0.2, 0.25) is 5.91 Å². The van der Waals surface area contributed by atoms with Crippen molar-refractivity contribution < 1.29 is 18.7 Å². The number of carbonyl (C=O) groups is 2. The minimum absolute atomic E-state index is 0.115. The first-order valence-corrected chi connectivity index (χ1v) is 11.7. The van der Waals surface area contributed by atoms with Crippen LogP contribution in [-0.4, -0.2) is 29.8 Å². The van der Waals surface area contributed by atoms with Crippen LogP contribution in [0.2, 0.25) is 0 Å². The number of rotatable bonds is 7. The number of nitrogens with zero attached hydrogens (tertiary/aromatic N) is 2. The molecule has 7 nitrogen and oxygen atoms in total. The maximum absolute atomic E-state index is 13.4. The fourth-order valence-electron chi connectivity index (χ4n) is 3.54. The first-order chi connectivity index (χ1) is 16.4. The molecule has 0 saturated heterocycles. The largest absolute Gasteiger partial charge is 0.497 e. The lowest BCUT2D eigenvalue weighted by Gasteiger charge is -2.19. The molecule has 34 heavy (non-hydrogen) atoms. The Morgan fingerprint density at radius 2 is 1.88 bits per heavy atom. The van der Waals surface area contributed by atoms with Crippen molar-refractivity contribution in [1.82, 2.24) is 5.32 Å². The number of aryl methyl sites for hydroxylation is 2. The maximum Gasteiger partial charge on any atom is 0.283 e. The van der Waals surface area contributed by atoms with Gasteiger partial charge in [0.15, 0.2) is 5.17 Å². The molecule has 3 aromatic rings. The fraction of sp³-hybridized carbons (Fsp3) is 0.192. The summed E-state index contributed by atoms with van der Waals surface area (Å²) in [6.07, 6.45) is 3.30. The Morgan fingerprint density at radius 1 is 1.15 bits per heavy atom. The number of nitrogens with one attached hydrogen (secondary N) is 1. The summed E-state index contributed by atoms with van der Waals surface area (Å²) in [5.41, 5.74) is 3.94. The van der Waals surface area contributed by atoms with E-state index in [9.17, 15) is 9.59 Å². The van der Waals surface area contributed by atoms with E-state index >= 15 is 0 Å². The average molecular weight is 476 g/mol. The molecule has 1 aromatic heterocycles. The Hall–Kier alpha value is -3.78. The smallest absolute Gasteiger partial charge is 0.283 e. The predicted octanol–water partition coefficient (Wildman–Crippen LogP) is 4.70. The Bertz CT molecular complexity index is 1230. The minimum atomic E-state index is -0.237. The molecule has 8 heteroatoms. The van der Waals surface area contributed by atoms with Crippen LogP contribution in [0.1, 0.15) is 22.5 Å². The highest BCUT2D eigenvalue weighted by atomic mass is 32.2. The van der Waals surface area contributed by atoms with Crippen molar-refractivity contribution in [2.45, 2.75) is 20.4 Å². The van der Waals surface area contributed by atoms with Crippen LogP contribution in [-0.2, 0) is 16.1 Å². The summed E-state index contributed by atoms with van der Waals surface area (Å²) >= 11 is 1.22. The van der Waals surface area contributed by atoms with Crippen molar-refractivity contribution in [3.63, 3.8) is 0 Å². The molecule has 0 bridgehead atoms. The zero-order valence-corrected chi connectivity index (χ0v) is 20.0. The van der Waals surface area contributed by atoms with Gasteiger partial charge < -0.3 is 14.5 Å². The van der Waals surface area contributed by atoms with Crippen LogP contribution in [0.25, 0.3) is 6.08 Å². The number of methoxy groups -OCH3 is 1. The topological polar surface area (TPSA) is 84.1 Å². The van der Waals surface area contributed by atoms with E-state index in [1.165, 1.54) is 11.8 Å². The fourth-order valence-corrected chi connectivity index (χ4v) is 4.38. The van der Waals surface area contributed by atoms with E-state index in [1.807, 2.05) is 56.3 Å². The van der Waals surface area contributed by atoms with Crippen LogP contribution in [0.3, 0.4) is 0 Å². The van der Waals surface area contributed by atoms with E-state index < -0.39 is 0 Å². The van der Waals surface area contributed by atoms with E-state index in [0.29, 0.717) is 23.2 Å². The molecule has 4 rings (SSSR count). The lowest BCUT2D eigenvalue weighted by molar-refractivity contribution is -0.118. The highest BCUT2D eigenvalue weighted by Crippen LogP contribution is 2.31. The molecule has 174 valence electrons. The van der Waals surface area contributed by atoms with Gasteiger partial charge in [0, 0.05) is 0 Å². The lowest BCUT2D eigenvalue weighted by Crippen LogP contribution is -2.32. The molecule has 0 fully saturated rings. The number of anilines is 1. The number of amides is 2. The summed E-state index contributed by atoms with van der Waals surface area (Å²) in [7, 11) is 1.61. The molecule has 0 saturated carbocycles. The Kier molecular flexibility index (Phi) is 7.18. The van der Waals surface area contributed by atoms with Gasteiger partial charge in [-0.2, -0.15) is 0 Å². The first-order valence-electron chi connectivity index (χ1n) is 10.7. The number of amidine groups is 1. The second-order valence-electron chi connectivity index (χ2n) is 7.83. The van der Waals surface area contributed by atoms with Crippen LogP contribution >= 0.6 is 11.8 Å². The van der Waals surface area contributed by atoms with E-state index in [4.69, 9.17) is 9.15 Å². The summed E-state index contributed by atoms with van der Waals surface area (Å²) < 4.78 is 10.4. The number of aliphatic imine (C=N–C) groups is 1. The van der Waals surface area contributed by atoms with Gasteiger partial charge in [-0.3, -0.25) is 14.5 Å². The van der Waals surface area contributed by atoms with Crippen molar-refractivity contribution in [2.24, 2.45) is 4.99 Å². The maximum atomic E-state index is 13.4. The molecule has 2 amide bonds. The van der Waals surface area contributed by atoms with Gasteiger partial charge in [0.25, 0.3) is 5.91 Å². The SMILES string of the molecule is COc1ccc(/C=C2\N=C(SCC(=O)NCc3ccco3)N(c3cc(C)cc(C)c3)C2=O)cc1. The van der Waals surface area contributed by atoms with E-state index in [0.717, 1.165) is 28.1 Å². The number of thioether (sulfide) groups is 1. The molecule has 1 N–H and O–H groups in total. The Balaban J connectivity index is 1.56. The molecule has 1 aliphatic heterocycles. The third-order valence-electron chi connectivity index (χ3n) is 5.09. The van der Waals surface area contributed by atoms with E-state index in [-0.39, 0.29) is 17.6 Å². The van der Waals surface area contributed by atoms with E-state index in [1.54, 1.807) is 36.5 Å². The van der Waals surface area contributed by atoms with Crippen molar-refractivity contribution in [3.05, 3.63) is 89.0 Å². The van der Waals surface area contributed by atoms with Gasteiger partial charge >= 0.3 is 0 Å². The number of hydrogen-bond acceptors (Lipinski definition) is 6. The number of carbonyl (C=O) groups excluding carboxylic acids is 2. The third-order valence-corrected chi connectivity index (χ3v) is 6.02. The molecule has 0 atom stereocenters. The summed E-state index contributed by atoms with van der Waals surface area (Å²) in [4.78, 5) is 31.9. The Labute approximate surface area is 202 Å². The van der Waals surface area contributed by atoms with Gasteiger partial charge in [0.05, 0.1) is 31.4 Å². The van der Waals surface area contributed by atoms with Gasteiger partial charge in [-0.15, -0.1) is 0 Å². The van der Waals surface area contributed by atoms with Gasteiger partial charge in [-0.05, 0) is 73.0 Å². The molecule has 0 spiro atoms. The van der Waals surface area contributed by atoms with Crippen LogP contribution in [0.5, 0.6) is 5.75 Å². The molecule has 0 radical (unpaired) electrons. The number of ether oxygens (including phenoxy) is 1. The van der Waals surface area contributed by atoms with Crippen molar-refractivity contribution in [2.75, 3.05) is 17.8 Å². The van der Waals surface area contributed by atoms with Crippen molar-refractivity contribution in [3.8, 4) is 5.75 Å². The lowest BCUT2D eigenvalue weighted by atomic mass is 10.1. The predicted molar refractivity (Wildman–Crippen MR) is 135 cm³/mol. The standard InChI is InChI=1S/C26H25N3O4S/c1-17-11-18(2)13-20(12-17)29-25(31)23(14-19-6-8-21(32-3)9-7-19)28-26(29)34-16-24(30)27-15-22-5-4-10-33-22/h4-14H,15-16H2,1-3H3,(H,27,30)/b23-14-. The summed E-state index contributed by atoms with van der Waals surface area (Å²) in [6.45, 7) is 4.27. The quantitative estimate of drug-likeness (QED) is 0.501. The zero-order chi connectivity index (χ0) is 24.1. The number of benzene rings is 2. The average Bonchev–Trinajstić information content (AvgIpc) is 3.44. The highest BCUT2D eigenvalue weighted by molar-refractivity contribution is 8.14. The van der Waals surface area contributed by atoms with Crippen molar-refractivity contribution in [1.29, 1.82) is 0 Å². The molecule has 0 aliphatic carbocycles. The molecule has 1 aliphatic rings. The third kappa shape index (κ3) is 5.58. The zero-order valence-electron chi connectivity index (χ0n) is 19.2. The number of furan rings is 1. The summed E-state index contributed by atoms with van der Waals surface area (Å²) in [6, 6.07) is 16.9. The summed E-state index contributed by atoms with van der Waals surface area (Å²) in [5, 5.41) is 3.28. The minimum Gasteiger partial charge on any atom is -0.497 e. The number of hydrogen-bond donors (Lipinski definition) is 1. The second kappa shape index (κ2) is 10.4. The van der Waals surface area contributed by atoms with Crippen LogP contribution in [0, 0.1) is 13.8 Å². The van der Waals surface area contributed by atoms with Crippen LogP contribution in [0.15, 0.2) is 76.0 Å². The first kappa shape index (κ1) is 23.4. The Morgan fingerprint density at radius 3 is 2.53 bits per heavy atom. The molecular formula is C26H25N3O4S. The highest BCUT2D eigenvalue weighted by Gasteiger charge is 2.32. The molecular weight excluding hydrogens is 450 g/mol. The summed E-state index contributed by atoms with van der Waals surface area (Å²) in [5.74, 6) is 1.11. The van der Waals surface area contributed by atoms with Gasteiger partial charge in [-0.1, -0.05) is 30.0 Å². The molecule has 2 aromatic carbocycles. The van der Waals surface area contributed by atoms with Gasteiger partial charge in [-0.25, -0.2) is 4.99 Å². The van der Waals surface area contributed by atoms with Crippen LogP contribution < -0.4 is 15.0 Å². The molecule has 2 heterocycles. The van der Waals surface area contributed by atoms with Gasteiger partial charge in [0.1, 0.15) is 17.2 Å².